The number of carbonyl (C=O) groups is 1. The molecule has 4 heteroatoms. The zero-order chi connectivity index (χ0) is 17.0. The van der Waals surface area contributed by atoms with Crippen LogP contribution in [0.1, 0.15) is 24.0 Å². The monoisotopic (exact) mass is 340 g/mol. The van der Waals surface area contributed by atoms with Crippen LogP contribution in [-0.4, -0.2) is 30.8 Å². The molecule has 0 unspecified atom stereocenters. The van der Waals surface area contributed by atoms with Gasteiger partial charge in [0.15, 0.2) is 0 Å². The van der Waals surface area contributed by atoms with Crippen LogP contribution in [0, 0.1) is 0 Å². The number of nitrogens with zero attached hydrogens (tertiary/aromatic N) is 1. The molecule has 24 heavy (non-hydrogen) atoms. The van der Waals surface area contributed by atoms with Crippen molar-refractivity contribution in [1.29, 1.82) is 0 Å². The fourth-order valence-corrected chi connectivity index (χ4v) is 3.37. The van der Waals surface area contributed by atoms with Crippen molar-refractivity contribution in [3.8, 4) is 0 Å². The van der Waals surface area contributed by atoms with Gasteiger partial charge in [0.1, 0.15) is 0 Å². The third-order valence-corrected chi connectivity index (χ3v) is 5.49. The zero-order valence-corrected chi connectivity index (χ0v) is 15.1. The van der Waals surface area contributed by atoms with E-state index in [1.54, 1.807) is 16.7 Å². The first-order valence-corrected chi connectivity index (χ1v) is 9.53. The highest BCUT2D eigenvalue weighted by Gasteiger charge is 2.44. The third kappa shape index (κ3) is 3.93. The van der Waals surface area contributed by atoms with Crippen LogP contribution in [-0.2, 0) is 12.0 Å². The summed E-state index contributed by atoms with van der Waals surface area (Å²) in [5, 5.41) is 3.11. The topological polar surface area (TPSA) is 32.3 Å². The standard InChI is InChI=1S/C20H24N2OS/c1-22(14-16-8-10-18(24-2)11-9-16)19(23)21-15-20(12-13-20)17-6-4-3-5-7-17/h3-11H,12-15H2,1-2H3,(H,21,23). The fraction of sp³-hybridized carbons (Fsp3) is 0.350. The minimum absolute atomic E-state index is 0.00820. The van der Waals surface area contributed by atoms with E-state index in [4.69, 9.17) is 0 Å². The van der Waals surface area contributed by atoms with Crippen molar-refractivity contribution in [1.82, 2.24) is 10.2 Å². The molecule has 3 rings (SSSR count). The smallest absolute Gasteiger partial charge is 0.317 e. The van der Waals surface area contributed by atoms with E-state index in [9.17, 15) is 4.79 Å². The van der Waals surface area contributed by atoms with Crippen LogP contribution >= 0.6 is 11.8 Å². The Morgan fingerprint density at radius 1 is 1.12 bits per heavy atom. The number of hydrogen-bond acceptors (Lipinski definition) is 2. The second kappa shape index (κ2) is 7.31. The molecule has 0 heterocycles. The van der Waals surface area contributed by atoms with Crippen molar-refractivity contribution in [2.24, 2.45) is 0 Å². The summed E-state index contributed by atoms with van der Waals surface area (Å²) in [4.78, 5) is 15.4. The predicted octanol–water partition coefficient (Wildman–Crippen LogP) is 4.28. The molecule has 126 valence electrons. The lowest BCUT2D eigenvalue weighted by molar-refractivity contribution is 0.206. The molecule has 1 fully saturated rings. The summed E-state index contributed by atoms with van der Waals surface area (Å²) in [5.41, 5.74) is 2.63. The summed E-state index contributed by atoms with van der Waals surface area (Å²) in [6, 6.07) is 18.9. The highest BCUT2D eigenvalue weighted by atomic mass is 32.2. The SMILES string of the molecule is CSc1ccc(CN(C)C(=O)NCC2(c3ccccc3)CC2)cc1. The number of rotatable bonds is 6. The van der Waals surface area contributed by atoms with Gasteiger partial charge >= 0.3 is 6.03 Å². The lowest BCUT2D eigenvalue weighted by Gasteiger charge is -2.21. The molecule has 1 aliphatic carbocycles. The van der Waals surface area contributed by atoms with Crippen LogP contribution < -0.4 is 5.32 Å². The molecule has 0 bridgehead atoms. The first kappa shape index (κ1) is 16.9. The van der Waals surface area contributed by atoms with Crippen molar-refractivity contribution >= 4 is 17.8 Å². The Bertz CT molecular complexity index is 681. The average Bonchev–Trinajstić information content (AvgIpc) is 3.42. The summed E-state index contributed by atoms with van der Waals surface area (Å²) in [7, 11) is 1.85. The van der Waals surface area contributed by atoms with Gasteiger partial charge in [0, 0.05) is 30.4 Å². The number of carbonyl (C=O) groups excluding carboxylic acids is 1. The van der Waals surface area contributed by atoms with E-state index in [-0.39, 0.29) is 11.4 Å². The summed E-state index contributed by atoms with van der Waals surface area (Å²) in [6.45, 7) is 1.34. The van der Waals surface area contributed by atoms with Crippen LogP contribution in [0.4, 0.5) is 4.79 Å². The van der Waals surface area contributed by atoms with Crippen molar-refractivity contribution in [3.05, 3.63) is 65.7 Å². The minimum atomic E-state index is -0.00820. The summed E-state index contributed by atoms with van der Waals surface area (Å²) < 4.78 is 0. The summed E-state index contributed by atoms with van der Waals surface area (Å²) >= 11 is 1.73. The number of nitrogens with one attached hydrogen (secondary N) is 1. The quantitative estimate of drug-likeness (QED) is 0.796. The summed E-state index contributed by atoms with van der Waals surface area (Å²) in [6.07, 6.45) is 4.36. The highest BCUT2D eigenvalue weighted by Crippen LogP contribution is 2.47. The van der Waals surface area contributed by atoms with Crippen LogP contribution in [0.2, 0.25) is 0 Å². The normalized spacial score (nSPS) is 14.9. The van der Waals surface area contributed by atoms with E-state index < -0.39 is 0 Å². The largest absolute Gasteiger partial charge is 0.337 e. The number of thioether (sulfide) groups is 1. The molecule has 0 aliphatic heterocycles. The number of benzene rings is 2. The molecule has 3 nitrogen and oxygen atoms in total. The molecular formula is C20H24N2OS. The molecule has 1 N–H and O–H groups in total. The lowest BCUT2D eigenvalue weighted by Crippen LogP contribution is -2.40. The minimum Gasteiger partial charge on any atom is -0.337 e. The van der Waals surface area contributed by atoms with Gasteiger partial charge in [0.05, 0.1) is 0 Å². The van der Waals surface area contributed by atoms with Crippen LogP contribution in [0.25, 0.3) is 0 Å². The Morgan fingerprint density at radius 2 is 1.79 bits per heavy atom. The maximum atomic E-state index is 12.4. The summed E-state index contributed by atoms with van der Waals surface area (Å²) in [5.74, 6) is 0. The van der Waals surface area contributed by atoms with Crippen molar-refractivity contribution in [3.63, 3.8) is 0 Å². The molecule has 0 saturated heterocycles. The molecule has 0 radical (unpaired) electrons. The second-order valence-electron chi connectivity index (χ2n) is 6.51. The average molecular weight is 340 g/mol. The fourth-order valence-electron chi connectivity index (χ4n) is 2.97. The zero-order valence-electron chi connectivity index (χ0n) is 14.3. The Kier molecular flexibility index (Phi) is 5.14. The molecule has 0 aromatic heterocycles. The van der Waals surface area contributed by atoms with E-state index in [0.29, 0.717) is 13.1 Å². The van der Waals surface area contributed by atoms with Crippen molar-refractivity contribution in [2.45, 2.75) is 29.7 Å². The van der Waals surface area contributed by atoms with Gasteiger partial charge in [0.25, 0.3) is 0 Å². The van der Waals surface area contributed by atoms with Crippen LogP contribution in [0.5, 0.6) is 0 Å². The number of amides is 2. The van der Waals surface area contributed by atoms with Gasteiger partial charge in [-0.05, 0) is 42.4 Å². The van der Waals surface area contributed by atoms with Gasteiger partial charge in [-0.25, -0.2) is 4.79 Å². The van der Waals surface area contributed by atoms with Gasteiger partial charge < -0.3 is 10.2 Å². The Balaban J connectivity index is 1.53. The van der Waals surface area contributed by atoms with Crippen molar-refractivity contribution in [2.75, 3.05) is 19.8 Å². The van der Waals surface area contributed by atoms with Gasteiger partial charge in [-0.3, -0.25) is 0 Å². The van der Waals surface area contributed by atoms with Crippen LogP contribution in [0.3, 0.4) is 0 Å². The van der Waals surface area contributed by atoms with Gasteiger partial charge in [-0.15, -0.1) is 11.8 Å². The maximum Gasteiger partial charge on any atom is 0.317 e. The number of urea groups is 1. The second-order valence-corrected chi connectivity index (χ2v) is 7.39. The highest BCUT2D eigenvalue weighted by molar-refractivity contribution is 7.98. The van der Waals surface area contributed by atoms with Crippen LogP contribution in [0.15, 0.2) is 59.5 Å². The van der Waals surface area contributed by atoms with Gasteiger partial charge in [0.2, 0.25) is 0 Å². The van der Waals surface area contributed by atoms with E-state index in [1.807, 2.05) is 13.1 Å². The Labute approximate surface area is 148 Å². The molecule has 1 aliphatic rings. The molecule has 0 spiro atoms. The molecule has 2 amide bonds. The molecular weight excluding hydrogens is 316 g/mol. The number of hydrogen-bond donors (Lipinski definition) is 1. The first-order chi connectivity index (χ1) is 11.6. The predicted molar refractivity (Wildman–Crippen MR) is 100 cm³/mol. The Morgan fingerprint density at radius 3 is 2.38 bits per heavy atom. The van der Waals surface area contributed by atoms with E-state index in [0.717, 1.165) is 18.4 Å². The molecule has 1 saturated carbocycles. The Hall–Kier alpha value is -1.94. The molecule has 2 aromatic rings. The van der Waals surface area contributed by atoms with Gasteiger partial charge in [-0.1, -0.05) is 42.5 Å². The molecule has 2 aromatic carbocycles. The lowest BCUT2D eigenvalue weighted by atomic mass is 9.96. The van der Waals surface area contributed by atoms with E-state index in [1.165, 1.54) is 10.5 Å². The van der Waals surface area contributed by atoms with E-state index >= 15 is 0 Å². The first-order valence-electron chi connectivity index (χ1n) is 8.30. The maximum absolute atomic E-state index is 12.4. The third-order valence-electron chi connectivity index (χ3n) is 4.74. The van der Waals surface area contributed by atoms with E-state index in [2.05, 4.69) is 60.1 Å². The van der Waals surface area contributed by atoms with Gasteiger partial charge in [-0.2, -0.15) is 0 Å². The van der Waals surface area contributed by atoms with Crippen molar-refractivity contribution < 1.29 is 4.79 Å². The molecule has 0 atom stereocenters.